The number of amides is 2. The Balaban J connectivity index is 1.20. The van der Waals surface area contributed by atoms with Crippen molar-refractivity contribution in [3.63, 3.8) is 0 Å². The highest BCUT2D eigenvalue weighted by Gasteiger charge is 2.24. The van der Waals surface area contributed by atoms with E-state index in [0.29, 0.717) is 28.8 Å². The molecule has 194 valence electrons. The first-order valence-electron chi connectivity index (χ1n) is 12.7. The highest BCUT2D eigenvalue weighted by molar-refractivity contribution is 7.17. The number of hydrogen-bond donors (Lipinski definition) is 2. The van der Waals surface area contributed by atoms with E-state index in [4.69, 9.17) is 4.74 Å². The van der Waals surface area contributed by atoms with E-state index in [-0.39, 0.29) is 30.7 Å². The third-order valence-electron chi connectivity index (χ3n) is 6.86. The van der Waals surface area contributed by atoms with E-state index in [2.05, 4.69) is 27.8 Å². The Morgan fingerprint density at radius 1 is 1.00 bits per heavy atom. The van der Waals surface area contributed by atoms with Crippen LogP contribution in [0.1, 0.15) is 65.4 Å². The van der Waals surface area contributed by atoms with Gasteiger partial charge < -0.3 is 15.4 Å². The summed E-state index contributed by atoms with van der Waals surface area (Å²) in [6.45, 7) is 2.07. The number of anilines is 1. The van der Waals surface area contributed by atoms with E-state index in [1.807, 2.05) is 49.4 Å². The summed E-state index contributed by atoms with van der Waals surface area (Å²) in [7, 11) is 1.44. The van der Waals surface area contributed by atoms with E-state index in [1.165, 1.54) is 24.0 Å². The SMILES string of the molecule is COC(=O)C[C@H]1CC[C@H](c2ccc(NC(=O)CCNC(=O)c3sc(-c4ccccc4)nc3C)cc2)CC1. The first kappa shape index (κ1) is 26.5. The number of carbonyl (C=O) groups is 3. The molecule has 2 aromatic carbocycles. The second-order valence-corrected chi connectivity index (χ2v) is 10.5. The maximum Gasteiger partial charge on any atom is 0.305 e. The molecule has 0 radical (unpaired) electrons. The summed E-state index contributed by atoms with van der Waals surface area (Å²) < 4.78 is 4.79. The molecule has 0 unspecified atom stereocenters. The van der Waals surface area contributed by atoms with Gasteiger partial charge in [0.1, 0.15) is 9.88 Å². The summed E-state index contributed by atoms with van der Waals surface area (Å²) in [5.41, 5.74) is 3.66. The largest absolute Gasteiger partial charge is 0.469 e. The van der Waals surface area contributed by atoms with Gasteiger partial charge in [-0.1, -0.05) is 42.5 Å². The lowest BCUT2D eigenvalue weighted by Gasteiger charge is -2.28. The molecule has 1 aliphatic carbocycles. The zero-order chi connectivity index (χ0) is 26.2. The molecule has 37 heavy (non-hydrogen) atoms. The Hall–Kier alpha value is -3.52. The second-order valence-electron chi connectivity index (χ2n) is 9.47. The number of nitrogens with zero attached hydrogens (tertiary/aromatic N) is 1. The van der Waals surface area contributed by atoms with Crippen LogP contribution in [0.3, 0.4) is 0 Å². The van der Waals surface area contributed by atoms with Gasteiger partial charge in [0, 0.05) is 30.6 Å². The minimum Gasteiger partial charge on any atom is -0.469 e. The van der Waals surface area contributed by atoms with Gasteiger partial charge in [0.25, 0.3) is 5.91 Å². The van der Waals surface area contributed by atoms with Crippen LogP contribution >= 0.6 is 11.3 Å². The summed E-state index contributed by atoms with van der Waals surface area (Å²) in [4.78, 5) is 41.6. The third-order valence-corrected chi connectivity index (χ3v) is 8.06. The van der Waals surface area contributed by atoms with Gasteiger partial charge in [0.2, 0.25) is 5.91 Å². The first-order chi connectivity index (χ1) is 17.9. The highest BCUT2D eigenvalue weighted by Crippen LogP contribution is 2.37. The van der Waals surface area contributed by atoms with E-state index < -0.39 is 0 Å². The Bertz CT molecular complexity index is 1220. The summed E-state index contributed by atoms with van der Waals surface area (Å²) in [5.74, 6) is 0.400. The van der Waals surface area contributed by atoms with Crippen molar-refractivity contribution in [3.05, 3.63) is 70.7 Å². The molecule has 0 aliphatic heterocycles. The van der Waals surface area contributed by atoms with E-state index in [1.54, 1.807) is 0 Å². The lowest BCUT2D eigenvalue weighted by atomic mass is 9.77. The van der Waals surface area contributed by atoms with E-state index in [0.717, 1.165) is 41.9 Å². The maximum atomic E-state index is 12.6. The molecule has 0 bridgehead atoms. The standard InChI is InChI=1S/C29H33N3O4S/c1-19-27(37-29(31-19)23-6-4-3-5-7-23)28(35)30-17-16-25(33)32-24-14-12-22(13-15-24)21-10-8-20(9-11-21)18-26(34)36-2/h3-7,12-15,20-21H,8-11,16-18H2,1-2H3,(H,30,35)(H,32,33)/t20-,21-. The van der Waals surface area contributed by atoms with Crippen molar-refractivity contribution in [1.29, 1.82) is 0 Å². The van der Waals surface area contributed by atoms with Gasteiger partial charge in [-0.3, -0.25) is 14.4 Å². The monoisotopic (exact) mass is 519 g/mol. The molecule has 1 heterocycles. The minimum atomic E-state index is -0.212. The molecule has 1 aliphatic rings. The number of aromatic nitrogens is 1. The van der Waals surface area contributed by atoms with Crippen LogP contribution in [0.15, 0.2) is 54.6 Å². The van der Waals surface area contributed by atoms with E-state index >= 15 is 0 Å². The quantitative estimate of drug-likeness (QED) is 0.353. The van der Waals surface area contributed by atoms with Crippen LogP contribution in [-0.2, 0) is 14.3 Å². The van der Waals surface area contributed by atoms with Crippen molar-refractivity contribution in [3.8, 4) is 10.6 Å². The minimum absolute atomic E-state index is 0.126. The van der Waals surface area contributed by atoms with Crippen molar-refractivity contribution in [1.82, 2.24) is 10.3 Å². The number of carbonyl (C=O) groups excluding carboxylic acids is 3. The Morgan fingerprint density at radius 2 is 1.70 bits per heavy atom. The molecule has 0 atom stereocenters. The zero-order valence-corrected chi connectivity index (χ0v) is 22.1. The fourth-order valence-corrected chi connectivity index (χ4v) is 5.75. The molecule has 4 rings (SSSR count). The molecule has 8 heteroatoms. The number of aryl methyl sites for hydroxylation is 1. The summed E-state index contributed by atoms with van der Waals surface area (Å²) in [6, 6.07) is 17.8. The number of methoxy groups -OCH3 is 1. The van der Waals surface area contributed by atoms with Gasteiger partial charge in [-0.05, 0) is 62.1 Å². The highest BCUT2D eigenvalue weighted by atomic mass is 32.1. The van der Waals surface area contributed by atoms with Gasteiger partial charge in [-0.15, -0.1) is 11.3 Å². The zero-order valence-electron chi connectivity index (χ0n) is 21.3. The molecule has 3 aromatic rings. The van der Waals surface area contributed by atoms with Crippen LogP contribution in [0.5, 0.6) is 0 Å². The molecule has 0 saturated heterocycles. The van der Waals surface area contributed by atoms with Crippen molar-refractivity contribution >= 4 is 34.8 Å². The first-order valence-corrected chi connectivity index (χ1v) is 13.5. The Labute approximate surface area is 221 Å². The van der Waals surface area contributed by atoms with Crippen LogP contribution in [0.4, 0.5) is 5.69 Å². The fourth-order valence-electron chi connectivity index (χ4n) is 4.76. The van der Waals surface area contributed by atoms with Crippen molar-refractivity contribution < 1.29 is 19.1 Å². The molecule has 1 saturated carbocycles. The maximum absolute atomic E-state index is 12.6. The number of thiazole rings is 1. The Morgan fingerprint density at radius 3 is 2.38 bits per heavy atom. The molecule has 7 nitrogen and oxygen atoms in total. The average molecular weight is 520 g/mol. The van der Waals surface area contributed by atoms with Gasteiger partial charge in [0.05, 0.1) is 12.8 Å². The molecule has 1 fully saturated rings. The molecule has 2 N–H and O–H groups in total. The van der Waals surface area contributed by atoms with Crippen LogP contribution in [0.25, 0.3) is 10.6 Å². The third kappa shape index (κ3) is 7.26. The van der Waals surface area contributed by atoms with Gasteiger partial charge >= 0.3 is 5.97 Å². The lowest BCUT2D eigenvalue weighted by Crippen LogP contribution is -2.27. The Kier molecular flexibility index (Phi) is 9.06. The summed E-state index contributed by atoms with van der Waals surface area (Å²) in [5, 5.41) is 6.54. The lowest BCUT2D eigenvalue weighted by molar-refractivity contribution is -0.142. The normalized spacial score (nSPS) is 17.1. The number of ether oxygens (including phenoxy) is 1. The predicted molar refractivity (Wildman–Crippen MR) is 146 cm³/mol. The van der Waals surface area contributed by atoms with Gasteiger partial charge in [-0.25, -0.2) is 4.98 Å². The number of hydrogen-bond acceptors (Lipinski definition) is 6. The predicted octanol–water partition coefficient (Wildman–Crippen LogP) is 5.71. The smallest absolute Gasteiger partial charge is 0.305 e. The van der Waals surface area contributed by atoms with Crippen LogP contribution in [0, 0.1) is 12.8 Å². The van der Waals surface area contributed by atoms with Crippen LogP contribution < -0.4 is 10.6 Å². The van der Waals surface area contributed by atoms with Crippen LogP contribution in [0.2, 0.25) is 0 Å². The molecule has 0 spiro atoms. The van der Waals surface area contributed by atoms with Crippen LogP contribution in [-0.4, -0.2) is 36.4 Å². The molecule has 2 amide bonds. The van der Waals surface area contributed by atoms with Crippen molar-refractivity contribution in [2.45, 2.75) is 51.4 Å². The molecule has 1 aromatic heterocycles. The summed E-state index contributed by atoms with van der Waals surface area (Å²) in [6.07, 6.45) is 4.85. The van der Waals surface area contributed by atoms with Gasteiger partial charge in [0.15, 0.2) is 0 Å². The topological polar surface area (TPSA) is 97.4 Å². The van der Waals surface area contributed by atoms with E-state index in [9.17, 15) is 14.4 Å². The number of benzene rings is 2. The second kappa shape index (κ2) is 12.6. The van der Waals surface area contributed by atoms with Gasteiger partial charge in [-0.2, -0.15) is 0 Å². The number of nitrogens with one attached hydrogen (secondary N) is 2. The van der Waals surface area contributed by atoms with Crippen molar-refractivity contribution in [2.75, 3.05) is 19.0 Å². The number of rotatable bonds is 9. The molecular weight excluding hydrogens is 486 g/mol. The molecular formula is C29H33N3O4S. The number of esters is 1. The fraction of sp³-hybridized carbons (Fsp3) is 0.379. The summed E-state index contributed by atoms with van der Waals surface area (Å²) >= 11 is 1.35. The average Bonchev–Trinajstić information content (AvgIpc) is 3.31. The van der Waals surface area contributed by atoms with Crippen molar-refractivity contribution in [2.24, 2.45) is 5.92 Å².